The van der Waals surface area contributed by atoms with Gasteiger partial charge in [-0.05, 0) is 32.9 Å². The summed E-state index contributed by atoms with van der Waals surface area (Å²) in [6.07, 6.45) is 5.86. The van der Waals surface area contributed by atoms with Crippen molar-refractivity contribution in [3.8, 4) is 0 Å². The Balaban J connectivity index is 0.000000531. The molecule has 15 heavy (non-hydrogen) atoms. The predicted octanol–water partition coefficient (Wildman–Crippen LogP) is 3.82. The van der Waals surface area contributed by atoms with E-state index in [0.29, 0.717) is 0 Å². The molecular formula is C13H20N2. The fourth-order valence-corrected chi connectivity index (χ4v) is 1.56. The van der Waals surface area contributed by atoms with Crippen LogP contribution in [-0.4, -0.2) is 9.55 Å². The Bertz CT molecular complexity index is 421. The summed E-state index contributed by atoms with van der Waals surface area (Å²) in [6.45, 7) is 10.6. The maximum absolute atomic E-state index is 4.14. The third-order valence-electron chi connectivity index (χ3n) is 2.22. The zero-order chi connectivity index (χ0) is 11.5. The molecule has 0 saturated carbocycles. The lowest BCUT2D eigenvalue weighted by atomic mass is 10.1. The van der Waals surface area contributed by atoms with E-state index in [1.54, 1.807) is 0 Å². The van der Waals surface area contributed by atoms with Gasteiger partial charge in [0.15, 0.2) is 0 Å². The van der Waals surface area contributed by atoms with E-state index in [1.807, 2.05) is 32.3 Å². The van der Waals surface area contributed by atoms with Gasteiger partial charge in [-0.1, -0.05) is 13.8 Å². The molecule has 2 aromatic heterocycles. The van der Waals surface area contributed by atoms with E-state index in [-0.39, 0.29) is 5.54 Å². The number of hydrogen-bond acceptors (Lipinski definition) is 1. The summed E-state index contributed by atoms with van der Waals surface area (Å²) in [6, 6.07) is 4.17. The van der Waals surface area contributed by atoms with Crippen molar-refractivity contribution in [2.45, 2.75) is 40.2 Å². The second-order valence-corrected chi connectivity index (χ2v) is 4.29. The van der Waals surface area contributed by atoms with Crippen molar-refractivity contribution < 1.29 is 0 Å². The van der Waals surface area contributed by atoms with Gasteiger partial charge in [-0.15, -0.1) is 0 Å². The van der Waals surface area contributed by atoms with Crippen molar-refractivity contribution in [1.82, 2.24) is 9.55 Å². The van der Waals surface area contributed by atoms with Crippen LogP contribution in [0, 0.1) is 0 Å². The van der Waals surface area contributed by atoms with Crippen LogP contribution in [0.25, 0.3) is 10.9 Å². The van der Waals surface area contributed by atoms with Crippen molar-refractivity contribution in [3.05, 3.63) is 30.7 Å². The highest BCUT2D eigenvalue weighted by Gasteiger charge is 2.14. The van der Waals surface area contributed by atoms with E-state index in [0.717, 1.165) is 0 Å². The first-order chi connectivity index (χ1) is 7.09. The van der Waals surface area contributed by atoms with E-state index in [9.17, 15) is 0 Å². The highest BCUT2D eigenvalue weighted by Crippen LogP contribution is 2.22. The van der Waals surface area contributed by atoms with Gasteiger partial charge in [-0.3, -0.25) is 4.98 Å². The van der Waals surface area contributed by atoms with E-state index in [1.165, 1.54) is 10.9 Å². The molecule has 0 spiro atoms. The number of hydrogen-bond donors (Lipinski definition) is 0. The summed E-state index contributed by atoms with van der Waals surface area (Å²) >= 11 is 0. The molecule has 0 aliphatic rings. The first-order valence-corrected chi connectivity index (χ1v) is 5.50. The van der Waals surface area contributed by atoms with Crippen molar-refractivity contribution in [1.29, 1.82) is 0 Å². The minimum absolute atomic E-state index is 0.130. The van der Waals surface area contributed by atoms with Gasteiger partial charge in [0.25, 0.3) is 0 Å². The zero-order valence-electron chi connectivity index (χ0n) is 10.3. The molecule has 2 heteroatoms. The zero-order valence-corrected chi connectivity index (χ0v) is 10.3. The third-order valence-corrected chi connectivity index (χ3v) is 2.22. The Morgan fingerprint density at radius 3 is 2.40 bits per heavy atom. The molecule has 82 valence electrons. The molecule has 0 N–H and O–H groups in total. The normalized spacial score (nSPS) is 11.0. The maximum Gasteiger partial charge on any atom is 0.0671 e. The van der Waals surface area contributed by atoms with Gasteiger partial charge in [-0.2, -0.15) is 0 Å². The third kappa shape index (κ3) is 2.38. The number of pyridine rings is 1. The van der Waals surface area contributed by atoms with Gasteiger partial charge in [0.2, 0.25) is 0 Å². The van der Waals surface area contributed by atoms with Crippen LogP contribution in [0.5, 0.6) is 0 Å². The smallest absolute Gasteiger partial charge is 0.0671 e. The van der Waals surface area contributed by atoms with E-state index >= 15 is 0 Å². The lowest BCUT2D eigenvalue weighted by Crippen LogP contribution is -2.20. The number of rotatable bonds is 0. The van der Waals surface area contributed by atoms with Crippen LogP contribution in [0.15, 0.2) is 30.7 Å². The monoisotopic (exact) mass is 204 g/mol. The van der Waals surface area contributed by atoms with Gasteiger partial charge < -0.3 is 4.57 Å². The molecule has 0 radical (unpaired) electrons. The lowest BCUT2D eigenvalue weighted by Gasteiger charge is -2.22. The van der Waals surface area contributed by atoms with Gasteiger partial charge in [0, 0.05) is 23.3 Å². The Kier molecular flexibility index (Phi) is 3.51. The molecule has 0 aliphatic heterocycles. The highest BCUT2D eigenvalue weighted by molar-refractivity contribution is 5.79. The molecule has 0 amide bonds. The Labute approximate surface area is 91.9 Å². The molecule has 0 saturated heterocycles. The molecule has 0 fully saturated rings. The maximum atomic E-state index is 4.14. The molecular weight excluding hydrogens is 184 g/mol. The summed E-state index contributed by atoms with van der Waals surface area (Å²) in [7, 11) is 0. The molecule has 0 atom stereocenters. The van der Waals surface area contributed by atoms with Gasteiger partial charge in [-0.25, -0.2) is 0 Å². The van der Waals surface area contributed by atoms with Crippen molar-refractivity contribution in [2.24, 2.45) is 0 Å². The predicted molar refractivity (Wildman–Crippen MR) is 66.1 cm³/mol. The van der Waals surface area contributed by atoms with Crippen molar-refractivity contribution in [2.75, 3.05) is 0 Å². The molecule has 2 aromatic rings. The Hall–Kier alpha value is -1.31. The van der Waals surface area contributed by atoms with Gasteiger partial charge >= 0.3 is 0 Å². The van der Waals surface area contributed by atoms with E-state index < -0.39 is 0 Å². The number of aromatic nitrogens is 2. The molecule has 2 nitrogen and oxygen atoms in total. The quantitative estimate of drug-likeness (QED) is 0.638. The highest BCUT2D eigenvalue weighted by atomic mass is 15.0. The number of fused-ring (bicyclic) bond motifs is 1. The average molecular weight is 204 g/mol. The standard InChI is InChI=1S/C11H14N2.C2H6/c1-11(2,3)13-7-5-9-4-6-12-8-10(9)13;1-2/h4-8H,1-3H3;1-2H3. The first-order valence-electron chi connectivity index (χ1n) is 5.50. The van der Waals surface area contributed by atoms with Crippen molar-refractivity contribution in [3.63, 3.8) is 0 Å². The summed E-state index contributed by atoms with van der Waals surface area (Å²) in [5.74, 6) is 0. The van der Waals surface area contributed by atoms with E-state index in [4.69, 9.17) is 0 Å². The number of nitrogens with zero attached hydrogens (tertiary/aromatic N) is 2. The van der Waals surface area contributed by atoms with Crippen molar-refractivity contribution >= 4 is 10.9 Å². The Morgan fingerprint density at radius 1 is 1.13 bits per heavy atom. The molecule has 2 rings (SSSR count). The Morgan fingerprint density at radius 2 is 1.80 bits per heavy atom. The minimum atomic E-state index is 0.130. The summed E-state index contributed by atoms with van der Waals surface area (Å²) < 4.78 is 2.25. The van der Waals surface area contributed by atoms with Gasteiger partial charge in [0.1, 0.15) is 0 Å². The molecule has 0 aromatic carbocycles. The van der Waals surface area contributed by atoms with Gasteiger partial charge in [0.05, 0.1) is 11.7 Å². The minimum Gasteiger partial charge on any atom is -0.341 e. The molecule has 0 aliphatic carbocycles. The summed E-state index contributed by atoms with van der Waals surface area (Å²) in [4.78, 5) is 4.14. The fourth-order valence-electron chi connectivity index (χ4n) is 1.56. The van der Waals surface area contributed by atoms with Crippen LogP contribution >= 0.6 is 0 Å². The lowest BCUT2D eigenvalue weighted by molar-refractivity contribution is 0.410. The van der Waals surface area contributed by atoms with Crippen LogP contribution in [0.3, 0.4) is 0 Å². The van der Waals surface area contributed by atoms with Crippen LogP contribution in [0.1, 0.15) is 34.6 Å². The molecule has 0 bridgehead atoms. The topological polar surface area (TPSA) is 17.8 Å². The largest absolute Gasteiger partial charge is 0.341 e. The molecule has 2 heterocycles. The van der Waals surface area contributed by atoms with Crippen LogP contribution in [-0.2, 0) is 5.54 Å². The second kappa shape index (κ2) is 4.47. The summed E-state index contributed by atoms with van der Waals surface area (Å²) in [5.41, 5.74) is 1.33. The fraction of sp³-hybridized carbons (Fsp3) is 0.462. The summed E-state index contributed by atoms with van der Waals surface area (Å²) in [5, 5.41) is 1.25. The van der Waals surface area contributed by atoms with Crippen LogP contribution in [0.2, 0.25) is 0 Å². The molecule has 0 unspecified atom stereocenters. The van der Waals surface area contributed by atoms with Crippen LogP contribution in [0.4, 0.5) is 0 Å². The van der Waals surface area contributed by atoms with E-state index in [2.05, 4.69) is 42.6 Å². The second-order valence-electron chi connectivity index (χ2n) is 4.29. The first kappa shape index (κ1) is 11.8. The SMILES string of the molecule is CC.CC(C)(C)n1ccc2ccncc21. The van der Waals surface area contributed by atoms with Crippen LogP contribution < -0.4 is 0 Å². The average Bonchev–Trinajstić information content (AvgIpc) is 2.63.